The van der Waals surface area contributed by atoms with E-state index in [2.05, 4.69) is 6.07 Å². The van der Waals surface area contributed by atoms with Crippen molar-refractivity contribution in [2.45, 2.75) is 52.1 Å². The summed E-state index contributed by atoms with van der Waals surface area (Å²) in [5.74, 6) is 0.473. The second-order valence-electron chi connectivity index (χ2n) is 6.51. The van der Waals surface area contributed by atoms with Crippen molar-refractivity contribution < 1.29 is 9.53 Å². The van der Waals surface area contributed by atoms with E-state index >= 15 is 0 Å². The molecule has 0 N–H and O–H groups in total. The third-order valence-electron chi connectivity index (χ3n) is 3.94. The van der Waals surface area contributed by atoms with Crippen LogP contribution < -0.4 is 0 Å². The van der Waals surface area contributed by atoms with Gasteiger partial charge in [0, 0.05) is 13.1 Å². The maximum Gasteiger partial charge on any atom is 0.410 e. The Morgan fingerprint density at radius 3 is 2.28 bits per heavy atom. The molecule has 100 valence electrons. The smallest absolute Gasteiger partial charge is 0.410 e. The Bertz CT molecular complexity index is 366. The molecule has 1 aliphatic heterocycles. The van der Waals surface area contributed by atoms with Crippen LogP contribution in [0.25, 0.3) is 0 Å². The zero-order valence-electron chi connectivity index (χ0n) is 11.5. The average Bonchev–Trinajstić information content (AvgIpc) is 3.08. The van der Waals surface area contributed by atoms with Crippen LogP contribution in [0.1, 0.15) is 46.5 Å². The summed E-state index contributed by atoms with van der Waals surface area (Å²) in [5, 5.41) is 9.18. The highest BCUT2D eigenvalue weighted by Gasteiger charge is 2.50. The highest BCUT2D eigenvalue weighted by Crippen LogP contribution is 2.54. The molecule has 0 aromatic carbocycles. The molecule has 2 rings (SSSR count). The molecule has 0 unspecified atom stereocenters. The van der Waals surface area contributed by atoms with Gasteiger partial charge in [0.1, 0.15) is 5.60 Å². The summed E-state index contributed by atoms with van der Waals surface area (Å²) in [4.78, 5) is 13.7. The quantitative estimate of drug-likeness (QED) is 0.719. The lowest BCUT2D eigenvalue weighted by Gasteiger charge is -2.35. The lowest BCUT2D eigenvalue weighted by Crippen LogP contribution is -2.43. The average molecular weight is 250 g/mol. The molecule has 4 heteroatoms. The summed E-state index contributed by atoms with van der Waals surface area (Å²) < 4.78 is 5.36. The molecule has 1 saturated carbocycles. The van der Waals surface area contributed by atoms with E-state index in [0.29, 0.717) is 5.92 Å². The SMILES string of the molecule is CC(C)(C)OC(=O)N1CCC(C2(C#N)CC2)CC1. The van der Waals surface area contributed by atoms with Crippen LogP contribution in [0, 0.1) is 22.7 Å². The van der Waals surface area contributed by atoms with Gasteiger partial charge in [-0.3, -0.25) is 0 Å². The van der Waals surface area contributed by atoms with Gasteiger partial charge in [0.25, 0.3) is 0 Å². The van der Waals surface area contributed by atoms with Crippen LogP contribution in [0.4, 0.5) is 4.79 Å². The number of carbonyl (C=O) groups excluding carboxylic acids is 1. The van der Waals surface area contributed by atoms with Crippen molar-refractivity contribution in [1.82, 2.24) is 4.90 Å². The number of carbonyl (C=O) groups is 1. The van der Waals surface area contributed by atoms with E-state index in [4.69, 9.17) is 4.74 Å². The van der Waals surface area contributed by atoms with Gasteiger partial charge in [0.2, 0.25) is 0 Å². The van der Waals surface area contributed by atoms with Gasteiger partial charge >= 0.3 is 6.09 Å². The zero-order chi connectivity index (χ0) is 13.4. The van der Waals surface area contributed by atoms with Crippen LogP contribution in [-0.4, -0.2) is 29.7 Å². The van der Waals surface area contributed by atoms with Gasteiger partial charge < -0.3 is 9.64 Å². The minimum atomic E-state index is -0.432. The lowest BCUT2D eigenvalue weighted by atomic mass is 9.82. The van der Waals surface area contributed by atoms with Crippen molar-refractivity contribution in [3.05, 3.63) is 0 Å². The largest absolute Gasteiger partial charge is 0.444 e. The fourth-order valence-electron chi connectivity index (χ4n) is 2.69. The first kappa shape index (κ1) is 13.2. The molecule has 2 fully saturated rings. The predicted octanol–water partition coefficient (Wildman–Crippen LogP) is 2.94. The first-order valence-corrected chi connectivity index (χ1v) is 6.75. The number of amides is 1. The van der Waals surface area contributed by atoms with Crippen molar-refractivity contribution in [2.75, 3.05) is 13.1 Å². The van der Waals surface area contributed by atoms with Crippen molar-refractivity contribution >= 4 is 6.09 Å². The van der Waals surface area contributed by atoms with Crippen LogP contribution in [0.15, 0.2) is 0 Å². The fraction of sp³-hybridized carbons (Fsp3) is 0.857. The Morgan fingerprint density at radius 1 is 1.33 bits per heavy atom. The number of ether oxygens (including phenoxy) is 1. The third-order valence-corrected chi connectivity index (χ3v) is 3.94. The molecule has 0 spiro atoms. The number of hydrogen-bond acceptors (Lipinski definition) is 3. The van der Waals surface area contributed by atoms with Gasteiger partial charge in [-0.1, -0.05) is 0 Å². The van der Waals surface area contributed by atoms with Gasteiger partial charge in [-0.2, -0.15) is 5.26 Å². The highest BCUT2D eigenvalue weighted by molar-refractivity contribution is 5.68. The van der Waals surface area contributed by atoms with Gasteiger partial charge in [-0.15, -0.1) is 0 Å². The molecule has 0 radical (unpaired) electrons. The number of likely N-dealkylation sites (tertiary alicyclic amines) is 1. The molecular formula is C14H22N2O2. The Morgan fingerprint density at radius 2 is 1.89 bits per heavy atom. The Labute approximate surface area is 109 Å². The van der Waals surface area contributed by atoms with E-state index in [1.807, 2.05) is 20.8 Å². The van der Waals surface area contributed by atoms with E-state index in [-0.39, 0.29) is 11.5 Å². The fourth-order valence-corrected chi connectivity index (χ4v) is 2.69. The van der Waals surface area contributed by atoms with Crippen molar-refractivity contribution in [2.24, 2.45) is 11.3 Å². The van der Waals surface area contributed by atoms with E-state index in [0.717, 1.165) is 38.8 Å². The summed E-state index contributed by atoms with van der Waals surface area (Å²) in [6.45, 7) is 7.09. The maximum atomic E-state index is 11.9. The van der Waals surface area contributed by atoms with Gasteiger partial charge in [-0.05, 0) is 52.4 Å². The minimum Gasteiger partial charge on any atom is -0.444 e. The minimum absolute atomic E-state index is 0.0555. The third kappa shape index (κ3) is 2.77. The molecule has 1 heterocycles. The van der Waals surface area contributed by atoms with Crippen LogP contribution in [-0.2, 0) is 4.74 Å². The van der Waals surface area contributed by atoms with E-state index < -0.39 is 5.60 Å². The Hall–Kier alpha value is -1.24. The Balaban J connectivity index is 1.84. The van der Waals surface area contributed by atoms with Crippen molar-refractivity contribution in [1.29, 1.82) is 5.26 Å². The number of nitriles is 1. The second-order valence-corrected chi connectivity index (χ2v) is 6.51. The molecule has 0 aromatic rings. The molecule has 0 atom stereocenters. The summed E-state index contributed by atoms with van der Waals surface area (Å²) in [6, 6.07) is 2.47. The van der Waals surface area contributed by atoms with E-state index in [1.54, 1.807) is 4.90 Å². The summed E-state index contributed by atoms with van der Waals surface area (Å²) >= 11 is 0. The van der Waals surface area contributed by atoms with Crippen molar-refractivity contribution in [3.63, 3.8) is 0 Å². The molecule has 0 bridgehead atoms. The lowest BCUT2D eigenvalue weighted by molar-refractivity contribution is 0.0164. The molecular weight excluding hydrogens is 228 g/mol. The van der Waals surface area contributed by atoms with Gasteiger partial charge in [0.05, 0.1) is 11.5 Å². The van der Waals surface area contributed by atoms with Gasteiger partial charge in [0.15, 0.2) is 0 Å². The van der Waals surface area contributed by atoms with Crippen molar-refractivity contribution in [3.8, 4) is 6.07 Å². The number of nitrogens with zero attached hydrogens (tertiary/aromatic N) is 2. The molecule has 18 heavy (non-hydrogen) atoms. The van der Waals surface area contributed by atoms with Crippen LogP contribution in [0.3, 0.4) is 0 Å². The van der Waals surface area contributed by atoms with E-state index in [9.17, 15) is 10.1 Å². The summed E-state index contributed by atoms with van der Waals surface area (Å²) in [7, 11) is 0. The van der Waals surface area contributed by atoms with Gasteiger partial charge in [-0.25, -0.2) is 4.79 Å². The van der Waals surface area contributed by atoms with Crippen LogP contribution in [0.2, 0.25) is 0 Å². The molecule has 1 saturated heterocycles. The molecule has 1 aliphatic carbocycles. The standard InChI is InChI=1S/C14H22N2O2/c1-13(2,3)18-12(17)16-8-4-11(5-9-16)14(10-15)6-7-14/h11H,4-9H2,1-3H3. The summed E-state index contributed by atoms with van der Waals surface area (Å²) in [6.07, 6.45) is 3.74. The first-order chi connectivity index (χ1) is 8.36. The van der Waals surface area contributed by atoms with Crippen LogP contribution in [0.5, 0.6) is 0 Å². The molecule has 0 aromatic heterocycles. The first-order valence-electron chi connectivity index (χ1n) is 6.75. The number of hydrogen-bond donors (Lipinski definition) is 0. The summed E-state index contributed by atoms with van der Waals surface area (Å²) in [5.41, 5.74) is -0.488. The normalized spacial score (nSPS) is 23.3. The predicted molar refractivity (Wildman–Crippen MR) is 67.8 cm³/mol. The number of piperidine rings is 1. The zero-order valence-corrected chi connectivity index (χ0v) is 11.5. The maximum absolute atomic E-state index is 11.9. The highest BCUT2D eigenvalue weighted by atomic mass is 16.6. The second kappa shape index (κ2) is 4.46. The van der Waals surface area contributed by atoms with Crippen LogP contribution >= 0.6 is 0 Å². The Kier molecular flexibility index (Phi) is 3.27. The molecule has 1 amide bonds. The molecule has 2 aliphatic rings. The molecule has 4 nitrogen and oxygen atoms in total. The topological polar surface area (TPSA) is 53.3 Å². The number of rotatable bonds is 1. The van der Waals surface area contributed by atoms with E-state index in [1.165, 1.54) is 0 Å². The monoisotopic (exact) mass is 250 g/mol.